The molecule has 84 valence electrons. The van der Waals surface area contributed by atoms with Gasteiger partial charge in [0.15, 0.2) is 0 Å². The first kappa shape index (κ1) is 12.3. The zero-order valence-corrected chi connectivity index (χ0v) is 11.7. The molecule has 0 aliphatic carbocycles. The fraction of sp³-hybridized carbons (Fsp3) is 0. The largest absolute Gasteiger partial charge is 0.508 e. The van der Waals surface area contributed by atoms with Gasteiger partial charge in [-0.05, 0) is 65.1 Å². The van der Waals surface area contributed by atoms with Crippen LogP contribution in [0.3, 0.4) is 0 Å². The van der Waals surface area contributed by atoms with Gasteiger partial charge < -0.3 is 5.11 Å². The van der Waals surface area contributed by atoms with Crippen LogP contribution in [0, 0.1) is 14.9 Å². The van der Waals surface area contributed by atoms with Crippen molar-refractivity contribution in [2.75, 3.05) is 0 Å². The zero-order valence-electron chi connectivity index (χ0n) is 8.72. The average molecular weight is 353 g/mol. The summed E-state index contributed by atoms with van der Waals surface area (Å²) in [5.41, 5.74) is 0.671. The number of hydrogen-bond donors (Lipinski definition) is 1. The topological polar surface area (TPSA) is 44.0 Å². The number of benzene rings is 2. The van der Waals surface area contributed by atoms with Crippen molar-refractivity contribution in [3.05, 3.63) is 51.6 Å². The SMILES string of the molecule is N#Cc1ccc(Sc2ccc(O)cc2)c(I)c1. The van der Waals surface area contributed by atoms with E-state index in [1.807, 2.05) is 30.3 Å². The minimum atomic E-state index is 0.267. The summed E-state index contributed by atoms with van der Waals surface area (Å²) in [6.07, 6.45) is 0. The van der Waals surface area contributed by atoms with Crippen molar-refractivity contribution in [2.24, 2.45) is 0 Å². The molecule has 0 spiro atoms. The number of nitriles is 1. The highest BCUT2D eigenvalue weighted by Crippen LogP contribution is 2.32. The van der Waals surface area contributed by atoms with E-state index in [1.54, 1.807) is 23.9 Å². The third kappa shape index (κ3) is 3.14. The molecule has 0 saturated carbocycles. The van der Waals surface area contributed by atoms with E-state index in [-0.39, 0.29) is 5.75 Å². The molecule has 1 N–H and O–H groups in total. The summed E-state index contributed by atoms with van der Waals surface area (Å²) in [6.45, 7) is 0. The Morgan fingerprint density at radius 2 is 1.82 bits per heavy atom. The predicted octanol–water partition coefficient (Wildman–Crippen LogP) is 4.02. The van der Waals surface area contributed by atoms with Crippen LogP contribution in [0.5, 0.6) is 5.75 Å². The van der Waals surface area contributed by atoms with Crippen molar-refractivity contribution in [1.82, 2.24) is 0 Å². The van der Waals surface area contributed by atoms with E-state index < -0.39 is 0 Å². The van der Waals surface area contributed by atoms with Gasteiger partial charge in [-0.1, -0.05) is 11.8 Å². The highest BCUT2D eigenvalue weighted by atomic mass is 127. The summed E-state index contributed by atoms with van der Waals surface area (Å²) in [4.78, 5) is 2.17. The van der Waals surface area contributed by atoms with E-state index in [2.05, 4.69) is 28.7 Å². The van der Waals surface area contributed by atoms with Crippen molar-refractivity contribution in [1.29, 1.82) is 5.26 Å². The van der Waals surface area contributed by atoms with Crippen LogP contribution < -0.4 is 0 Å². The molecule has 0 heterocycles. The Morgan fingerprint density at radius 3 is 2.41 bits per heavy atom. The van der Waals surface area contributed by atoms with Gasteiger partial charge in [0.2, 0.25) is 0 Å². The third-order valence-electron chi connectivity index (χ3n) is 2.13. The van der Waals surface area contributed by atoms with E-state index >= 15 is 0 Å². The molecule has 0 fully saturated rings. The van der Waals surface area contributed by atoms with Gasteiger partial charge in [-0.2, -0.15) is 5.26 Å². The Bertz CT molecular complexity index is 575. The van der Waals surface area contributed by atoms with Crippen LogP contribution in [0.25, 0.3) is 0 Å². The molecule has 2 nitrogen and oxygen atoms in total. The van der Waals surface area contributed by atoms with Crippen molar-refractivity contribution < 1.29 is 5.11 Å². The van der Waals surface area contributed by atoms with Gasteiger partial charge >= 0.3 is 0 Å². The lowest BCUT2D eigenvalue weighted by atomic mass is 10.2. The van der Waals surface area contributed by atoms with Crippen molar-refractivity contribution in [3.8, 4) is 11.8 Å². The molecule has 0 amide bonds. The second kappa shape index (κ2) is 5.43. The van der Waals surface area contributed by atoms with E-state index in [0.717, 1.165) is 13.4 Å². The van der Waals surface area contributed by atoms with Gasteiger partial charge in [-0.25, -0.2) is 0 Å². The molecule has 4 heteroatoms. The molecule has 0 aliphatic heterocycles. The lowest BCUT2D eigenvalue weighted by Gasteiger charge is -2.04. The molecule has 17 heavy (non-hydrogen) atoms. The standard InChI is InChI=1S/C13H8INOS/c14-12-7-9(8-15)1-6-13(12)17-11-4-2-10(16)3-5-11/h1-7,16H. The highest BCUT2D eigenvalue weighted by molar-refractivity contribution is 14.1. The molecular weight excluding hydrogens is 345 g/mol. The van der Waals surface area contributed by atoms with Crippen molar-refractivity contribution in [3.63, 3.8) is 0 Å². The predicted molar refractivity (Wildman–Crippen MR) is 76.1 cm³/mol. The molecule has 0 aliphatic rings. The van der Waals surface area contributed by atoms with E-state index in [9.17, 15) is 5.11 Å². The van der Waals surface area contributed by atoms with Crippen LogP contribution in [0.1, 0.15) is 5.56 Å². The first-order valence-electron chi connectivity index (χ1n) is 4.85. The van der Waals surface area contributed by atoms with Crippen molar-refractivity contribution in [2.45, 2.75) is 9.79 Å². The molecule has 0 unspecified atom stereocenters. The third-order valence-corrected chi connectivity index (χ3v) is 4.47. The van der Waals surface area contributed by atoms with Crippen LogP contribution in [0.4, 0.5) is 0 Å². The van der Waals surface area contributed by atoms with E-state index in [4.69, 9.17) is 5.26 Å². The molecular formula is C13H8INOS. The average Bonchev–Trinajstić information content (AvgIpc) is 2.34. The lowest BCUT2D eigenvalue weighted by molar-refractivity contribution is 0.475. The van der Waals surface area contributed by atoms with Crippen molar-refractivity contribution >= 4 is 34.4 Å². The van der Waals surface area contributed by atoms with Gasteiger partial charge in [-0.3, -0.25) is 0 Å². The molecule has 0 radical (unpaired) electrons. The molecule has 2 aromatic rings. The molecule has 0 bridgehead atoms. The lowest BCUT2D eigenvalue weighted by Crippen LogP contribution is -1.82. The number of phenolic OH excluding ortho intramolecular Hbond substituents is 1. The number of halogens is 1. The minimum Gasteiger partial charge on any atom is -0.508 e. The fourth-order valence-electron chi connectivity index (χ4n) is 1.29. The van der Waals surface area contributed by atoms with Gasteiger partial charge in [0.1, 0.15) is 5.75 Å². The van der Waals surface area contributed by atoms with Gasteiger partial charge in [0.05, 0.1) is 11.6 Å². The zero-order chi connectivity index (χ0) is 12.3. The second-order valence-electron chi connectivity index (χ2n) is 3.35. The van der Waals surface area contributed by atoms with Crippen LogP contribution in [0.15, 0.2) is 52.3 Å². The monoisotopic (exact) mass is 353 g/mol. The van der Waals surface area contributed by atoms with Crippen LogP contribution >= 0.6 is 34.4 Å². The summed E-state index contributed by atoms with van der Waals surface area (Å²) in [7, 11) is 0. The number of nitrogens with zero attached hydrogens (tertiary/aromatic N) is 1. The number of hydrogen-bond acceptors (Lipinski definition) is 3. The molecule has 0 atom stereocenters. The number of aromatic hydroxyl groups is 1. The van der Waals surface area contributed by atoms with Gasteiger partial charge in [-0.15, -0.1) is 0 Å². The molecule has 2 aromatic carbocycles. The first-order valence-corrected chi connectivity index (χ1v) is 6.75. The van der Waals surface area contributed by atoms with Crippen LogP contribution in [0.2, 0.25) is 0 Å². The second-order valence-corrected chi connectivity index (χ2v) is 5.63. The van der Waals surface area contributed by atoms with E-state index in [1.165, 1.54) is 0 Å². The summed E-state index contributed by atoms with van der Waals surface area (Å²) < 4.78 is 1.06. The summed E-state index contributed by atoms with van der Waals surface area (Å²) in [5.74, 6) is 0.267. The van der Waals surface area contributed by atoms with E-state index in [0.29, 0.717) is 5.56 Å². The fourth-order valence-corrected chi connectivity index (χ4v) is 2.96. The molecule has 0 saturated heterocycles. The maximum Gasteiger partial charge on any atom is 0.115 e. The summed E-state index contributed by atoms with van der Waals surface area (Å²) in [6, 6.07) is 14.8. The van der Waals surface area contributed by atoms with Crippen LogP contribution in [-0.4, -0.2) is 5.11 Å². The summed E-state index contributed by atoms with van der Waals surface area (Å²) >= 11 is 3.84. The number of phenols is 1. The molecule has 0 aromatic heterocycles. The summed E-state index contributed by atoms with van der Waals surface area (Å²) in [5, 5.41) is 18.0. The van der Waals surface area contributed by atoms with Gasteiger partial charge in [0.25, 0.3) is 0 Å². The van der Waals surface area contributed by atoms with Crippen LogP contribution in [-0.2, 0) is 0 Å². The number of rotatable bonds is 2. The smallest absolute Gasteiger partial charge is 0.115 e. The highest BCUT2D eigenvalue weighted by Gasteiger charge is 2.03. The quantitative estimate of drug-likeness (QED) is 0.830. The Balaban J connectivity index is 2.25. The first-order chi connectivity index (χ1) is 8.19. The Labute approximate surface area is 117 Å². The maximum absolute atomic E-state index is 9.20. The minimum absolute atomic E-state index is 0.267. The Morgan fingerprint density at radius 1 is 1.12 bits per heavy atom. The Hall–Kier alpha value is -1.19. The molecule has 2 rings (SSSR count). The maximum atomic E-state index is 9.20. The normalized spacial score (nSPS) is 9.88. The van der Waals surface area contributed by atoms with Gasteiger partial charge in [0, 0.05) is 13.4 Å². The Kier molecular flexibility index (Phi) is 3.92.